The summed E-state index contributed by atoms with van der Waals surface area (Å²) in [6, 6.07) is 3.90. The number of hydrogen-bond donors (Lipinski definition) is 2. The molecular weight excluding hydrogens is 236 g/mol. The molecule has 0 aromatic heterocycles. The summed E-state index contributed by atoms with van der Waals surface area (Å²) in [6.45, 7) is 2.28. The molecule has 0 radical (unpaired) electrons. The van der Waals surface area contributed by atoms with Crippen LogP contribution in [-0.4, -0.2) is 22.5 Å². The number of carboxylic acid groups (broad SMARTS) is 1. The number of anilines is 1. The van der Waals surface area contributed by atoms with Crippen molar-refractivity contribution in [2.75, 3.05) is 11.9 Å². The zero-order valence-electron chi connectivity index (χ0n) is 9.77. The van der Waals surface area contributed by atoms with E-state index in [4.69, 9.17) is 5.11 Å². The molecular formula is C12H12N2O4. The fourth-order valence-corrected chi connectivity index (χ4v) is 1.37. The van der Waals surface area contributed by atoms with Crippen LogP contribution in [-0.2, 0) is 0 Å². The molecule has 6 heteroatoms. The summed E-state index contributed by atoms with van der Waals surface area (Å²) in [7, 11) is 0. The first kappa shape index (κ1) is 13.5. The van der Waals surface area contributed by atoms with Crippen LogP contribution in [0, 0.1) is 22.0 Å². The van der Waals surface area contributed by atoms with Gasteiger partial charge in [-0.05, 0) is 19.1 Å². The average Bonchev–Trinajstić information content (AvgIpc) is 2.34. The molecule has 0 aliphatic heterocycles. The molecule has 0 aliphatic rings. The lowest BCUT2D eigenvalue weighted by atomic mass is 10.1. The number of carboxylic acids is 1. The van der Waals surface area contributed by atoms with Crippen LogP contribution in [0.3, 0.4) is 0 Å². The molecule has 1 aromatic carbocycles. The Bertz CT molecular complexity index is 529. The minimum atomic E-state index is -1.32. The summed E-state index contributed by atoms with van der Waals surface area (Å²) in [5, 5.41) is 22.5. The van der Waals surface area contributed by atoms with Crippen LogP contribution in [0.1, 0.15) is 23.7 Å². The highest BCUT2D eigenvalue weighted by molar-refractivity contribution is 5.93. The van der Waals surface area contributed by atoms with Gasteiger partial charge in [-0.25, -0.2) is 4.79 Å². The number of nitro benzene ring substituents is 1. The molecule has 0 fully saturated rings. The molecule has 0 saturated carbocycles. The van der Waals surface area contributed by atoms with Gasteiger partial charge in [0, 0.05) is 24.7 Å². The first-order valence-electron chi connectivity index (χ1n) is 5.21. The van der Waals surface area contributed by atoms with E-state index in [1.54, 1.807) is 6.92 Å². The first-order valence-corrected chi connectivity index (χ1v) is 5.21. The van der Waals surface area contributed by atoms with E-state index in [1.807, 2.05) is 0 Å². The van der Waals surface area contributed by atoms with Crippen molar-refractivity contribution in [1.29, 1.82) is 0 Å². The Hall–Kier alpha value is -2.55. The smallest absolute Gasteiger partial charge is 0.342 e. The zero-order chi connectivity index (χ0) is 13.5. The second-order valence-corrected chi connectivity index (χ2v) is 3.40. The highest BCUT2D eigenvalue weighted by Gasteiger charge is 2.19. The molecule has 0 amide bonds. The van der Waals surface area contributed by atoms with E-state index in [1.165, 1.54) is 18.2 Å². The van der Waals surface area contributed by atoms with Crippen molar-refractivity contribution >= 4 is 17.3 Å². The minimum Gasteiger partial charge on any atom is -0.477 e. The summed E-state index contributed by atoms with van der Waals surface area (Å²) in [4.78, 5) is 20.8. The Morgan fingerprint density at radius 3 is 2.83 bits per heavy atom. The van der Waals surface area contributed by atoms with Crippen molar-refractivity contribution in [3.63, 3.8) is 0 Å². The SMILES string of the molecule is CC#CCCNc1ccc([N+](=O)[O-])c(C(=O)O)c1. The first-order chi connectivity index (χ1) is 8.56. The Kier molecular flexibility index (Phi) is 4.69. The number of aromatic carboxylic acids is 1. The number of benzene rings is 1. The molecule has 0 saturated heterocycles. The van der Waals surface area contributed by atoms with Gasteiger partial charge in [0.15, 0.2) is 0 Å². The van der Waals surface area contributed by atoms with Crippen LogP contribution in [0.2, 0.25) is 0 Å². The van der Waals surface area contributed by atoms with Crippen molar-refractivity contribution in [1.82, 2.24) is 0 Å². The maximum absolute atomic E-state index is 10.9. The lowest BCUT2D eigenvalue weighted by Crippen LogP contribution is -2.06. The van der Waals surface area contributed by atoms with Crippen molar-refractivity contribution in [3.8, 4) is 11.8 Å². The maximum Gasteiger partial charge on any atom is 0.342 e. The Morgan fingerprint density at radius 2 is 2.28 bits per heavy atom. The van der Waals surface area contributed by atoms with Gasteiger partial charge in [-0.2, -0.15) is 0 Å². The van der Waals surface area contributed by atoms with Crippen molar-refractivity contribution < 1.29 is 14.8 Å². The standard InChI is InChI=1S/C12H12N2O4/c1-2-3-4-7-13-9-5-6-11(14(17)18)10(8-9)12(15)16/h5-6,8,13H,4,7H2,1H3,(H,15,16). The molecule has 1 rings (SSSR count). The van der Waals surface area contributed by atoms with Gasteiger partial charge in [0.05, 0.1) is 4.92 Å². The van der Waals surface area contributed by atoms with E-state index in [0.29, 0.717) is 18.7 Å². The van der Waals surface area contributed by atoms with Crippen LogP contribution in [0.25, 0.3) is 0 Å². The quantitative estimate of drug-likeness (QED) is 0.360. The second-order valence-electron chi connectivity index (χ2n) is 3.40. The van der Waals surface area contributed by atoms with Crippen molar-refractivity contribution in [2.45, 2.75) is 13.3 Å². The topological polar surface area (TPSA) is 92.5 Å². The third-order valence-electron chi connectivity index (χ3n) is 2.18. The predicted octanol–water partition coefficient (Wildman–Crippen LogP) is 2.12. The molecule has 1 aromatic rings. The highest BCUT2D eigenvalue weighted by atomic mass is 16.6. The average molecular weight is 248 g/mol. The fourth-order valence-electron chi connectivity index (χ4n) is 1.37. The Morgan fingerprint density at radius 1 is 1.56 bits per heavy atom. The molecule has 0 atom stereocenters. The number of hydrogen-bond acceptors (Lipinski definition) is 4. The molecule has 0 heterocycles. The number of rotatable bonds is 5. The van der Waals surface area contributed by atoms with Gasteiger partial charge in [-0.1, -0.05) is 0 Å². The molecule has 94 valence electrons. The summed E-state index contributed by atoms with van der Waals surface area (Å²) >= 11 is 0. The maximum atomic E-state index is 10.9. The number of nitro groups is 1. The van der Waals surface area contributed by atoms with Gasteiger partial charge in [0.25, 0.3) is 5.69 Å². The summed E-state index contributed by atoms with van der Waals surface area (Å²) in [5.41, 5.74) is -0.219. The van der Waals surface area contributed by atoms with Crippen molar-refractivity contribution in [2.24, 2.45) is 0 Å². The fraction of sp³-hybridized carbons (Fsp3) is 0.250. The van der Waals surface area contributed by atoms with Gasteiger partial charge in [-0.15, -0.1) is 11.8 Å². The molecule has 2 N–H and O–H groups in total. The van der Waals surface area contributed by atoms with Crippen molar-refractivity contribution in [3.05, 3.63) is 33.9 Å². The van der Waals surface area contributed by atoms with E-state index < -0.39 is 16.6 Å². The lowest BCUT2D eigenvalue weighted by molar-refractivity contribution is -0.385. The van der Waals surface area contributed by atoms with E-state index in [-0.39, 0.29) is 5.56 Å². The third kappa shape index (κ3) is 3.49. The summed E-state index contributed by atoms with van der Waals surface area (Å²) < 4.78 is 0. The van der Waals surface area contributed by atoms with Gasteiger partial charge >= 0.3 is 5.97 Å². The van der Waals surface area contributed by atoms with E-state index in [2.05, 4.69) is 17.2 Å². The van der Waals surface area contributed by atoms with E-state index >= 15 is 0 Å². The summed E-state index contributed by atoms with van der Waals surface area (Å²) in [5.74, 6) is 4.26. The highest BCUT2D eigenvalue weighted by Crippen LogP contribution is 2.22. The molecule has 0 bridgehead atoms. The van der Waals surface area contributed by atoms with Gasteiger partial charge in [0.2, 0.25) is 0 Å². The number of nitrogens with one attached hydrogen (secondary N) is 1. The second kappa shape index (κ2) is 6.25. The van der Waals surface area contributed by atoms with Gasteiger partial charge < -0.3 is 10.4 Å². The van der Waals surface area contributed by atoms with E-state index in [9.17, 15) is 14.9 Å². The van der Waals surface area contributed by atoms with Crippen LogP contribution in [0.4, 0.5) is 11.4 Å². The molecule has 18 heavy (non-hydrogen) atoms. The summed E-state index contributed by atoms with van der Waals surface area (Å²) in [6.07, 6.45) is 0.621. The van der Waals surface area contributed by atoms with Gasteiger partial charge in [-0.3, -0.25) is 10.1 Å². The Labute approximate surface area is 104 Å². The molecule has 0 aliphatic carbocycles. The van der Waals surface area contributed by atoms with Crippen LogP contribution in [0.5, 0.6) is 0 Å². The third-order valence-corrected chi connectivity index (χ3v) is 2.18. The zero-order valence-corrected chi connectivity index (χ0v) is 9.77. The molecule has 0 unspecified atom stereocenters. The largest absolute Gasteiger partial charge is 0.477 e. The number of carbonyl (C=O) groups is 1. The van der Waals surface area contributed by atoms with Gasteiger partial charge in [0.1, 0.15) is 5.56 Å². The normalized spacial score (nSPS) is 9.17. The van der Waals surface area contributed by atoms with Crippen LogP contribution < -0.4 is 5.32 Å². The van der Waals surface area contributed by atoms with E-state index in [0.717, 1.165) is 0 Å². The predicted molar refractivity (Wildman–Crippen MR) is 66.6 cm³/mol. The number of nitrogens with zero attached hydrogens (tertiary/aromatic N) is 1. The molecule has 0 spiro atoms. The van der Waals surface area contributed by atoms with Crippen LogP contribution in [0.15, 0.2) is 18.2 Å². The molecule has 6 nitrogen and oxygen atoms in total. The Balaban J connectivity index is 2.89. The lowest BCUT2D eigenvalue weighted by Gasteiger charge is -2.05. The van der Waals surface area contributed by atoms with Crippen LogP contribution >= 0.6 is 0 Å². The monoisotopic (exact) mass is 248 g/mol. The minimum absolute atomic E-state index is 0.327.